The molecule has 188 valence electrons. The normalized spacial score (nSPS) is 15.1. The van der Waals surface area contributed by atoms with Gasteiger partial charge in [0.05, 0.1) is 49.6 Å². The van der Waals surface area contributed by atoms with Gasteiger partial charge in [-0.15, -0.1) is 0 Å². The summed E-state index contributed by atoms with van der Waals surface area (Å²) < 4.78 is 6.89. The monoisotopic (exact) mass is 498 g/mol. The number of urea groups is 1. The number of rotatable bonds is 4. The van der Waals surface area contributed by atoms with Crippen molar-refractivity contribution in [3.63, 3.8) is 0 Å². The number of ether oxygens (including phenoxy) is 1. The zero-order chi connectivity index (χ0) is 25.4. The lowest BCUT2D eigenvalue weighted by molar-refractivity contribution is 0.122. The van der Waals surface area contributed by atoms with Crippen LogP contribution in [-0.2, 0) is 17.8 Å². The fraction of sp³-hybridized carbons (Fsp3) is 0.269. The highest BCUT2D eigenvalue weighted by Gasteiger charge is 2.32. The van der Waals surface area contributed by atoms with E-state index < -0.39 is 0 Å². The number of benzene rings is 1. The minimum Gasteiger partial charge on any atom is -0.493 e. The first-order valence-electron chi connectivity index (χ1n) is 12.1. The first-order valence-corrected chi connectivity index (χ1v) is 12.1. The highest BCUT2D eigenvalue weighted by atomic mass is 16.5. The second-order valence-electron chi connectivity index (χ2n) is 9.07. The zero-order valence-electron chi connectivity index (χ0n) is 20.3. The Morgan fingerprint density at radius 2 is 1.95 bits per heavy atom. The van der Waals surface area contributed by atoms with Crippen LogP contribution in [0.4, 0.5) is 16.3 Å². The minimum absolute atomic E-state index is 0.0615. The van der Waals surface area contributed by atoms with Crippen molar-refractivity contribution in [2.45, 2.75) is 20.0 Å². The Morgan fingerprint density at radius 3 is 2.73 bits per heavy atom. The van der Waals surface area contributed by atoms with E-state index in [1.54, 1.807) is 35.5 Å². The van der Waals surface area contributed by atoms with Gasteiger partial charge in [0.2, 0.25) is 5.88 Å². The Hall–Kier alpha value is -4.51. The maximum Gasteiger partial charge on any atom is 0.322 e. The van der Waals surface area contributed by atoms with Crippen LogP contribution in [0.2, 0.25) is 0 Å². The van der Waals surface area contributed by atoms with Crippen molar-refractivity contribution in [3.8, 4) is 23.1 Å². The standard InChI is InChI=1S/C26H26N8O3/c1-17-4-2-5-18(12-17)21-13-23(35)34(31-21)25-29-22-16-33(26(36)28-19-6-3-7-27-14-19)15-20(22)24(30-25)32-8-10-37-11-9-32/h2-7,12-14,35H,8-11,15-16H2,1H3,(H,28,36). The third kappa shape index (κ3) is 4.56. The van der Waals surface area contributed by atoms with Gasteiger partial charge in [0, 0.05) is 36.5 Å². The smallest absolute Gasteiger partial charge is 0.322 e. The minimum atomic E-state index is -0.246. The molecule has 0 radical (unpaired) electrons. The molecule has 0 saturated carbocycles. The average Bonchev–Trinajstić information content (AvgIpc) is 3.53. The molecule has 37 heavy (non-hydrogen) atoms. The molecule has 0 bridgehead atoms. The molecule has 0 spiro atoms. The number of aromatic hydroxyl groups is 1. The molecule has 5 heterocycles. The van der Waals surface area contributed by atoms with Crippen LogP contribution in [0.5, 0.6) is 5.88 Å². The lowest BCUT2D eigenvalue weighted by Gasteiger charge is -2.29. The molecule has 11 nitrogen and oxygen atoms in total. The molecule has 2 amide bonds. The predicted molar refractivity (Wildman–Crippen MR) is 137 cm³/mol. The van der Waals surface area contributed by atoms with Crippen molar-refractivity contribution in [3.05, 3.63) is 71.7 Å². The van der Waals surface area contributed by atoms with E-state index in [4.69, 9.17) is 14.7 Å². The maximum atomic E-state index is 13.0. The highest BCUT2D eigenvalue weighted by molar-refractivity contribution is 5.89. The molecule has 1 saturated heterocycles. The van der Waals surface area contributed by atoms with Crippen molar-refractivity contribution in [1.82, 2.24) is 29.6 Å². The van der Waals surface area contributed by atoms with Crippen LogP contribution >= 0.6 is 0 Å². The summed E-state index contributed by atoms with van der Waals surface area (Å²) in [5.74, 6) is 0.923. The summed E-state index contributed by atoms with van der Waals surface area (Å²) in [6, 6.07) is 12.8. The largest absolute Gasteiger partial charge is 0.493 e. The van der Waals surface area contributed by atoms with Gasteiger partial charge in [-0.2, -0.15) is 14.8 Å². The summed E-state index contributed by atoms with van der Waals surface area (Å²) in [7, 11) is 0. The van der Waals surface area contributed by atoms with Gasteiger partial charge in [-0.05, 0) is 25.1 Å². The zero-order valence-corrected chi connectivity index (χ0v) is 20.3. The summed E-state index contributed by atoms with van der Waals surface area (Å²) in [5, 5.41) is 18.3. The molecule has 2 N–H and O–H groups in total. The lowest BCUT2D eigenvalue weighted by Crippen LogP contribution is -2.38. The van der Waals surface area contributed by atoms with E-state index in [2.05, 4.69) is 20.3 Å². The number of nitrogens with zero attached hydrogens (tertiary/aromatic N) is 7. The molecule has 1 aromatic carbocycles. The van der Waals surface area contributed by atoms with E-state index in [1.165, 1.54) is 4.68 Å². The number of aromatic nitrogens is 5. The van der Waals surface area contributed by atoms with Crippen molar-refractivity contribution < 1.29 is 14.6 Å². The van der Waals surface area contributed by atoms with E-state index in [0.717, 1.165) is 28.2 Å². The summed E-state index contributed by atoms with van der Waals surface area (Å²) in [6.07, 6.45) is 3.26. The average molecular weight is 499 g/mol. The quantitative estimate of drug-likeness (QED) is 0.440. The molecule has 4 aromatic rings. The molecule has 2 aliphatic heterocycles. The molecule has 0 aliphatic carbocycles. The van der Waals surface area contributed by atoms with E-state index in [-0.39, 0.29) is 17.9 Å². The Labute approximate surface area is 213 Å². The first kappa shape index (κ1) is 22.9. The van der Waals surface area contributed by atoms with Gasteiger partial charge in [-0.3, -0.25) is 4.98 Å². The first-order chi connectivity index (χ1) is 18.0. The van der Waals surface area contributed by atoms with Gasteiger partial charge >= 0.3 is 6.03 Å². The second-order valence-corrected chi connectivity index (χ2v) is 9.07. The Bertz CT molecular complexity index is 1450. The van der Waals surface area contributed by atoms with Gasteiger partial charge < -0.3 is 25.0 Å². The highest BCUT2D eigenvalue weighted by Crippen LogP contribution is 2.32. The summed E-state index contributed by atoms with van der Waals surface area (Å²) >= 11 is 0. The van der Waals surface area contributed by atoms with Crippen LogP contribution in [0.25, 0.3) is 17.2 Å². The molecule has 0 atom stereocenters. The topological polar surface area (TPSA) is 122 Å². The van der Waals surface area contributed by atoms with Crippen LogP contribution in [0, 0.1) is 6.92 Å². The molecular formula is C26H26N8O3. The SMILES string of the molecule is Cc1cccc(-c2cc(O)n(-c3nc4c(c(N5CCOCC5)n3)CN(C(=O)Nc3cccnc3)C4)n2)c1. The lowest BCUT2D eigenvalue weighted by atomic mass is 10.1. The van der Waals surface area contributed by atoms with Gasteiger partial charge in [0.15, 0.2) is 0 Å². The van der Waals surface area contributed by atoms with Crippen molar-refractivity contribution >= 4 is 17.5 Å². The molecule has 3 aromatic heterocycles. The molecule has 0 unspecified atom stereocenters. The van der Waals surface area contributed by atoms with E-state index in [0.29, 0.717) is 50.8 Å². The third-order valence-corrected chi connectivity index (χ3v) is 6.45. The summed E-state index contributed by atoms with van der Waals surface area (Å²) in [6.45, 7) is 5.20. The van der Waals surface area contributed by atoms with Crippen molar-refractivity contribution in [1.29, 1.82) is 0 Å². The molecule has 11 heteroatoms. The number of anilines is 2. The molecule has 1 fully saturated rings. The Balaban J connectivity index is 1.35. The number of carbonyl (C=O) groups is 1. The molecular weight excluding hydrogens is 472 g/mol. The van der Waals surface area contributed by atoms with Crippen LogP contribution in [-0.4, -0.2) is 67.1 Å². The number of aryl methyl sites for hydroxylation is 1. The Morgan fingerprint density at radius 1 is 1.08 bits per heavy atom. The van der Waals surface area contributed by atoms with Crippen LogP contribution in [0.1, 0.15) is 16.8 Å². The van der Waals surface area contributed by atoms with Gasteiger partial charge in [-0.25, -0.2) is 9.78 Å². The number of nitrogens with one attached hydrogen (secondary N) is 1. The van der Waals surface area contributed by atoms with Gasteiger partial charge in [0.1, 0.15) is 5.82 Å². The van der Waals surface area contributed by atoms with Crippen molar-refractivity contribution in [2.75, 3.05) is 36.5 Å². The number of morpholine rings is 1. The maximum absolute atomic E-state index is 13.0. The molecule has 6 rings (SSSR count). The summed E-state index contributed by atoms with van der Waals surface area (Å²) in [4.78, 5) is 30.5. The van der Waals surface area contributed by atoms with E-state index >= 15 is 0 Å². The number of fused-ring (bicyclic) bond motifs is 1. The Kier molecular flexibility index (Phi) is 5.89. The van der Waals surface area contributed by atoms with E-state index in [1.807, 2.05) is 31.2 Å². The third-order valence-electron chi connectivity index (χ3n) is 6.45. The number of hydrogen-bond acceptors (Lipinski definition) is 8. The number of hydrogen-bond donors (Lipinski definition) is 2. The van der Waals surface area contributed by atoms with Crippen molar-refractivity contribution in [2.24, 2.45) is 0 Å². The predicted octanol–water partition coefficient (Wildman–Crippen LogP) is 3.12. The molecule has 2 aliphatic rings. The summed E-state index contributed by atoms with van der Waals surface area (Å²) in [5.41, 5.74) is 4.84. The van der Waals surface area contributed by atoms with Gasteiger partial charge in [0.25, 0.3) is 5.95 Å². The fourth-order valence-electron chi connectivity index (χ4n) is 4.60. The van der Waals surface area contributed by atoms with Crippen LogP contribution in [0.15, 0.2) is 54.9 Å². The second kappa shape index (κ2) is 9.51. The van der Waals surface area contributed by atoms with Crippen LogP contribution in [0.3, 0.4) is 0 Å². The number of pyridine rings is 1. The fourth-order valence-corrected chi connectivity index (χ4v) is 4.60. The number of amides is 2. The van der Waals surface area contributed by atoms with Gasteiger partial charge in [-0.1, -0.05) is 23.8 Å². The number of carbonyl (C=O) groups excluding carboxylic acids is 1. The van der Waals surface area contributed by atoms with Crippen LogP contribution < -0.4 is 10.2 Å². The van der Waals surface area contributed by atoms with E-state index in [9.17, 15) is 9.90 Å².